The third-order valence-corrected chi connectivity index (χ3v) is 3.67. The van der Waals surface area contributed by atoms with Gasteiger partial charge in [0.1, 0.15) is 0 Å². The van der Waals surface area contributed by atoms with E-state index in [-0.39, 0.29) is 0 Å². The van der Waals surface area contributed by atoms with E-state index in [2.05, 4.69) is 35.0 Å². The Morgan fingerprint density at radius 2 is 1.87 bits per heavy atom. The Labute approximate surface area is 106 Å². The van der Waals surface area contributed by atoms with Gasteiger partial charge in [-0.2, -0.15) is 0 Å². The van der Waals surface area contributed by atoms with Crippen molar-refractivity contribution in [2.45, 2.75) is 43.9 Å². The van der Waals surface area contributed by atoms with E-state index in [0.717, 1.165) is 11.4 Å². The summed E-state index contributed by atoms with van der Waals surface area (Å²) in [6, 6.07) is 8.17. The molecule has 15 heavy (non-hydrogen) atoms. The Kier molecular flexibility index (Phi) is 6.35. The van der Waals surface area contributed by atoms with Gasteiger partial charge in [0.05, 0.1) is 0 Å². The van der Waals surface area contributed by atoms with Crippen LogP contribution in [0.25, 0.3) is 0 Å². The van der Waals surface area contributed by atoms with Crippen LogP contribution in [0.4, 0.5) is 0 Å². The molecule has 0 radical (unpaired) electrons. The Hall–Kier alpha value is -0.0100. The molecule has 0 amide bonds. The first kappa shape index (κ1) is 13.1. The van der Waals surface area contributed by atoms with Gasteiger partial charge in [0.25, 0.3) is 0 Å². The Morgan fingerprint density at radius 1 is 1.20 bits per heavy atom. The van der Waals surface area contributed by atoms with Gasteiger partial charge in [-0.1, -0.05) is 53.0 Å². The summed E-state index contributed by atoms with van der Waals surface area (Å²) in [5.74, 6) is 0. The lowest BCUT2D eigenvalue weighted by Gasteiger charge is -2.07. The molecule has 0 nitrogen and oxygen atoms in total. The van der Waals surface area contributed by atoms with E-state index < -0.39 is 0 Å². The molecular weight excluding hydrogens is 272 g/mol. The number of alkyl halides is 1. The van der Waals surface area contributed by atoms with Crippen LogP contribution in [-0.4, -0.2) is 4.83 Å². The van der Waals surface area contributed by atoms with Gasteiger partial charge in [-0.3, -0.25) is 0 Å². The second kappa shape index (κ2) is 7.29. The van der Waals surface area contributed by atoms with E-state index in [0.29, 0.717) is 4.83 Å². The van der Waals surface area contributed by atoms with Crippen molar-refractivity contribution in [1.82, 2.24) is 0 Å². The van der Waals surface area contributed by atoms with Crippen molar-refractivity contribution in [2.75, 3.05) is 0 Å². The van der Waals surface area contributed by atoms with Crippen molar-refractivity contribution in [1.29, 1.82) is 0 Å². The van der Waals surface area contributed by atoms with Crippen molar-refractivity contribution in [3.05, 3.63) is 34.9 Å². The minimum atomic E-state index is 0.690. The molecule has 1 aromatic carbocycles. The van der Waals surface area contributed by atoms with Gasteiger partial charge in [0.2, 0.25) is 0 Å². The lowest BCUT2D eigenvalue weighted by molar-refractivity contribution is 0.655. The highest BCUT2D eigenvalue weighted by atomic mass is 79.9. The van der Waals surface area contributed by atoms with Crippen LogP contribution in [0.5, 0.6) is 0 Å². The maximum absolute atomic E-state index is 5.83. The highest BCUT2D eigenvalue weighted by molar-refractivity contribution is 9.09. The lowest BCUT2D eigenvalue weighted by Crippen LogP contribution is -1.97. The number of hydrogen-bond donors (Lipinski definition) is 0. The van der Waals surface area contributed by atoms with E-state index in [4.69, 9.17) is 11.6 Å². The molecule has 1 rings (SSSR count). The first-order chi connectivity index (χ1) is 7.22. The first-order valence-corrected chi connectivity index (χ1v) is 6.90. The van der Waals surface area contributed by atoms with Gasteiger partial charge in [-0.15, -0.1) is 0 Å². The fraction of sp³-hybridized carbons (Fsp3) is 0.538. The summed E-state index contributed by atoms with van der Waals surface area (Å²) in [5.41, 5.74) is 1.38. The molecule has 0 N–H and O–H groups in total. The van der Waals surface area contributed by atoms with Gasteiger partial charge in [0, 0.05) is 9.85 Å². The number of halogens is 2. The van der Waals surface area contributed by atoms with Crippen molar-refractivity contribution in [3.63, 3.8) is 0 Å². The molecule has 0 spiro atoms. The summed E-state index contributed by atoms with van der Waals surface area (Å²) in [6.45, 7) is 2.23. The van der Waals surface area contributed by atoms with E-state index in [1.165, 1.54) is 31.2 Å². The predicted molar refractivity (Wildman–Crippen MR) is 72.0 cm³/mol. The first-order valence-electron chi connectivity index (χ1n) is 5.61. The normalized spacial score (nSPS) is 12.7. The molecule has 2 heteroatoms. The summed E-state index contributed by atoms with van der Waals surface area (Å²) >= 11 is 9.53. The fourth-order valence-electron chi connectivity index (χ4n) is 1.64. The molecule has 0 aliphatic heterocycles. The molecule has 0 fully saturated rings. The number of aryl methyl sites for hydroxylation is 1. The lowest BCUT2D eigenvalue weighted by atomic mass is 10.1. The molecule has 0 aromatic heterocycles. The highest BCUT2D eigenvalue weighted by Crippen LogP contribution is 2.17. The van der Waals surface area contributed by atoms with E-state index in [1.807, 2.05) is 12.1 Å². The molecule has 84 valence electrons. The van der Waals surface area contributed by atoms with Crippen LogP contribution in [0.2, 0.25) is 5.02 Å². The van der Waals surface area contributed by atoms with Crippen LogP contribution in [0.1, 0.15) is 38.2 Å². The summed E-state index contributed by atoms with van der Waals surface area (Å²) in [6.07, 6.45) is 6.20. The van der Waals surface area contributed by atoms with Crippen molar-refractivity contribution >= 4 is 27.5 Å². The third-order valence-electron chi connectivity index (χ3n) is 2.50. The number of benzene rings is 1. The van der Waals surface area contributed by atoms with Gasteiger partial charge in [-0.25, -0.2) is 0 Å². The largest absolute Gasteiger partial charge is 0.0891 e. The molecule has 1 unspecified atom stereocenters. The molecule has 0 bridgehead atoms. The Morgan fingerprint density at radius 3 is 2.47 bits per heavy atom. The van der Waals surface area contributed by atoms with Crippen molar-refractivity contribution < 1.29 is 0 Å². The molecule has 0 aliphatic rings. The third kappa shape index (κ3) is 5.58. The maximum Gasteiger partial charge on any atom is 0.0406 e. The summed E-state index contributed by atoms with van der Waals surface area (Å²) in [4.78, 5) is 0.690. The van der Waals surface area contributed by atoms with Gasteiger partial charge >= 0.3 is 0 Å². The van der Waals surface area contributed by atoms with Crippen LogP contribution >= 0.6 is 27.5 Å². The van der Waals surface area contributed by atoms with Crippen LogP contribution < -0.4 is 0 Å². The summed E-state index contributed by atoms with van der Waals surface area (Å²) < 4.78 is 0. The Balaban J connectivity index is 2.22. The van der Waals surface area contributed by atoms with E-state index in [9.17, 15) is 0 Å². The molecule has 1 aromatic rings. The quantitative estimate of drug-likeness (QED) is 0.629. The number of rotatable bonds is 6. The van der Waals surface area contributed by atoms with Crippen LogP contribution in [0.15, 0.2) is 24.3 Å². The molecular formula is C13H18BrCl. The number of hydrogen-bond acceptors (Lipinski definition) is 0. The fourth-order valence-corrected chi connectivity index (χ4v) is 2.54. The maximum atomic E-state index is 5.83. The van der Waals surface area contributed by atoms with Gasteiger partial charge in [-0.05, 0) is 43.4 Å². The average molecular weight is 290 g/mol. The minimum Gasteiger partial charge on any atom is -0.0891 e. The Bertz CT molecular complexity index is 268. The second-order valence-corrected chi connectivity index (χ2v) is 5.64. The van der Waals surface area contributed by atoms with Crippen molar-refractivity contribution in [3.8, 4) is 0 Å². The zero-order chi connectivity index (χ0) is 11.1. The van der Waals surface area contributed by atoms with Crippen LogP contribution in [0, 0.1) is 0 Å². The van der Waals surface area contributed by atoms with Crippen molar-refractivity contribution in [2.24, 2.45) is 0 Å². The molecule has 0 heterocycles. The SMILES string of the molecule is CCCC(Br)CCCc1ccc(Cl)cc1. The smallest absolute Gasteiger partial charge is 0.0406 e. The standard InChI is InChI=1S/C13H18BrCl/c1-2-4-12(14)6-3-5-11-7-9-13(15)10-8-11/h7-10,12H,2-6H2,1H3. The summed E-state index contributed by atoms with van der Waals surface area (Å²) in [7, 11) is 0. The average Bonchev–Trinajstić information content (AvgIpc) is 2.21. The van der Waals surface area contributed by atoms with E-state index >= 15 is 0 Å². The topological polar surface area (TPSA) is 0 Å². The minimum absolute atomic E-state index is 0.690. The van der Waals surface area contributed by atoms with Gasteiger partial charge in [0.15, 0.2) is 0 Å². The monoisotopic (exact) mass is 288 g/mol. The zero-order valence-electron chi connectivity index (χ0n) is 9.18. The zero-order valence-corrected chi connectivity index (χ0v) is 11.5. The summed E-state index contributed by atoms with van der Waals surface area (Å²) in [5, 5.41) is 0.822. The van der Waals surface area contributed by atoms with Crippen LogP contribution in [0.3, 0.4) is 0 Å². The molecule has 1 atom stereocenters. The molecule has 0 saturated carbocycles. The van der Waals surface area contributed by atoms with E-state index in [1.54, 1.807) is 0 Å². The highest BCUT2D eigenvalue weighted by Gasteiger charge is 2.02. The van der Waals surface area contributed by atoms with Gasteiger partial charge < -0.3 is 0 Å². The second-order valence-electron chi connectivity index (χ2n) is 3.90. The molecule has 0 aliphatic carbocycles. The van der Waals surface area contributed by atoms with Crippen LogP contribution in [-0.2, 0) is 6.42 Å². The molecule has 0 saturated heterocycles. The predicted octanol–water partition coefficient (Wildman–Crippen LogP) is 5.23.